The Kier molecular flexibility index (Phi) is 7.51. The van der Waals surface area contributed by atoms with Crippen molar-refractivity contribution in [3.63, 3.8) is 0 Å². The molecule has 0 fully saturated rings. The molecule has 1 N–H and O–H groups in total. The van der Waals surface area contributed by atoms with Gasteiger partial charge in [0.25, 0.3) is 10.1 Å². The fourth-order valence-electron chi connectivity index (χ4n) is 1.54. The normalized spacial score (nSPS) is 12.0. The third-order valence-corrected chi connectivity index (χ3v) is 3.99. The highest BCUT2D eigenvalue weighted by atomic mass is 32.2. The van der Waals surface area contributed by atoms with E-state index in [4.69, 9.17) is 8.92 Å². The number of nitrogens with one attached hydrogen (secondary N) is 1. The quantitative estimate of drug-likeness (QED) is 0.580. The molecule has 0 atom stereocenters. The van der Waals surface area contributed by atoms with E-state index in [1.807, 2.05) is 51.1 Å². The molecule has 130 valence electrons. The summed E-state index contributed by atoms with van der Waals surface area (Å²) in [5, 5.41) is 2.52. The summed E-state index contributed by atoms with van der Waals surface area (Å²) in [5.74, 6) is -0.137. The molecule has 0 unspecified atom stereocenters. The lowest BCUT2D eigenvalue weighted by Crippen LogP contribution is -2.27. The van der Waals surface area contributed by atoms with Gasteiger partial charge >= 0.3 is 6.09 Å². The molecule has 0 aliphatic rings. The summed E-state index contributed by atoms with van der Waals surface area (Å²) in [6.07, 6.45) is -0.297. The van der Waals surface area contributed by atoms with E-state index in [9.17, 15) is 13.2 Å². The number of ether oxygens (including phenoxy) is 1. The molecule has 0 saturated heterocycles. The lowest BCUT2D eigenvalue weighted by atomic mass is 9.99. The average molecular weight is 343 g/mol. The van der Waals surface area contributed by atoms with Crippen LogP contribution in [-0.4, -0.2) is 33.4 Å². The molecule has 23 heavy (non-hydrogen) atoms. The average Bonchev–Trinajstić information content (AvgIpc) is 2.48. The summed E-state index contributed by atoms with van der Waals surface area (Å²) < 4.78 is 33.3. The lowest BCUT2D eigenvalue weighted by Gasteiger charge is -2.17. The number of hydrogen-bond donors (Lipinski definition) is 1. The molecule has 6 nitrogen and oxygen atoms in total. The molecular weight excluding hydrogens is 318 g/mol. The van der Waals surface area contributed by atoms with Gasteiger partial charge in [0.1, 0.15) is 6.61 Å². The van der Waals surface area contributed by atoms with E-state index in [0.29, 0.717) is 0 Å². The summed E-state index contributed by atoms with van der Waals surface area (Å²) in [6.45, 7) is 6.22. The minimum atomic E-state index is -3.56. The molecule has 0 bridgehead atoms. The van der Waals surface area contributed by atoms with Crippen molar-refractivity contribution < 1.29 is 22.1 Å². The second-order valence-corrected chi connectivity index (χ2v) is 8.19. The highest BCUT2D eigenvalue weighted by Gasteiger charge is 2.17. The van der Waals surface area contributed by atoms with Crippen LogP contribution in [0.3, 0.4) is 0 Å². The molecule has 1 amide bonds. The van der Waals surface area contributed by atoms with E-state index in [1.165, 1.54) is 0 Å². The van der Waals surface area contributed by atoms with E-state index in [2.05, 4.69) is 5.32 Å². The fourth-order valence-corrected chi connectivity index (χ4v) is 2.69. The first-order chi connectivity index (χ1) is 10.7. The maximum absolute atomic E-state index is 11.7. The number of amides is 1. The number of carbonyl (C=O) groups is 1. The number of rotatable bonds is 8. The molecule has 0 radical (unpaired) electrons. The second-order valence-electron chi connectivity index (χ2n) is 6.43. The molecule has 1 aromatic carbocycles. The van der Waals surface area contributed by atoms with Crippen molar-refractivity contribution in [2.75, 3.05) is 18.9 Å². The number of carbonyl (C=O) groups excluding carboxylic acids is 1. The zero-order valence-electron chi connectivity index (χ0n) is 13.9. The molecule has 0 spiro atoms. The Morgan fingerprint density at radius 3 is 2.43 bits per heavy atom. The van der Waals surface area contributed by atoms with E-state index in [1.54, 1.807) is 0 Å². The van der Waals surface area contributed by atoms with Crippen molar-refractivity contribution in [2.45, 2.75) is 33.8 Å². The number of benzene rings is 1. The van der Waals surface area contributed by atoms with Crippen molar-refractivity contribution in [2.24, 2.45) is 5.41 Å². The lowest BCUT2D eigenvalue weighted by molar-refractivity contribution is 0.139. The first-order valence-corrected chi connectivity index (χ1v) is 9.07. The highest BCUT2D eigenvalue weighted by Crippen LogP contribution is 2.14. The monoisotopic (exact) mass is 343 g/mol. The van der Waals surface area contributed by atoms with Crippen LogP contribution in [0.1, 0.15) is 32.8 Å². The zero-order chi connectivity index (χ0) is 17.3. The first-order valence-electron chi connectivity index (χ1n) is 7.50. The van der Waals surface area contributed by atoms with Crippen LogP contribution < -0.4 is 5.32 Å². The van der Waals surface area contributed by atoms with E-state index >= 15 is 0 Å². The van der Waals surface area contributed by atoms with Crippen LogP contribution in [-0.2, 0) is 25.6 Å². The van der Waals surface area contributed by atoms with E-state index in [0.717, 1.165) is 5.56 Å². The molecular formula is C16H25NO5S. The summed E-state index contributed by atoms with van der Waals surface area (Å²) in [4.78, 5) is 11.5. The Labute approximate surface area is 138 Å². The van der Waals surface area contributed by atoms with Crippen molar-refractivity contribution in [3.8, 4) is 0 Å². The van der Waals surface area contributed by atoms with Crippen molar-refractivity contribution >= 4 is 16.2 Å². The van der Waals surface area contributed by atoms with Gasteiger partial charge in [0, 0.05) is 6.54 Å². The third kappa shape index (κ3) is 9.91. The molecule has 0 saturated carbocycles. The Bertz CT molecular complexity index is 578. The molecule has 1 rings (SSSR count). The summed E-state index contributed by atoms with van der Waals surface area (Å²) in [7, 11) is -3.56. The molecule has 0 heterocycles. The van der Waals surface area contributed by atoms with Crippen LogP contribution in [0.15, 0.2) is 30.3 Å². The molecule has 0 aliphatic carbocycles. The second kappa shape index (κ2) is 8.88. The van der Waals surface area contributed by atoms with Crippen LogP contribution in [0.25, 0.3) is 0 Å². The summed E-state index contributed by atoms with van der Waals surface area (Å²) in [6, 6.07) is 9.31. The minimum Gasteiger partial charge on any atom is -0.445 e. The fraction of sp³-hybridized carbons (Fsp3) is 0.562. The van der Waals surface area contributed by atoms with Gasteiger partial charge in [0.05, 0.1) is 12.4 Å². The van der Waals surface area contributed by atoms with Crippen LogP contribution >= 0.6 is 0 Å². The summed E-state index contributed by atoms with van der Waals surface area (Å²) in [5.41, 5.74) is 0.674. The van der Waals surface area contributed by atoms with Gasteiger partial charge in [0.2, 0.25) is 0 Å². The van der Waals surface area contributed by atoms with Gasteiger partial charge in [0.15, 0.2) is 0 Å². The van der Waals surface area contributed by atoms with Crippen LogP contribution in [0.5, 0.6) is 0 Å². The van der Waals surface area contributed by atoms with Crippen LogP contribution in [0.4, 0.5) is 4.79 Å². The smallest absolute Gasteiger partial charge is 0.407 e. The Morgan fingerprint density at radius 2 is 1.83 bits per heavy atom. The van der Waals surface area contributed by atoms with Gasteiger partial charge in [-0.2, -0.15) is 8.42 Å². The van der Waals surface area contributed by atoms with Crippen molar-refractivity contribution in [3.05, 3.63) is 35.9 Å². The van der Waals surface area contributed by atoms with Crippen LogP contribution in [0.2, 0.25) is 0 Å². The molecule has 0 aliphatic heterocycles. The predicted molar refractivity (Wildman–Crippen MR) is 88.4 cm³/mol. The van der Waals surface area contributed by atoms with E-state index in [-0.39, 0.29) is 37.3 Å². The van der Waals surface area contributed by atoms with Crippen molar-refractivity contribution in [1.82, 2.24) is 5.32 Å². The predicted octanol–water partition coefficient (Wildman–Crippen LogP) is 2.70. The highest BCUT2D eigenvalue weighted by molar-refractivity contribution is 7.86. The Morgan fingerprint density at radius 1 is 1.17 bits per heavy atom. The van der Waals surface area contributed by atoms with Gasteiger partial charge in [-0.3, -0.25) is 4.18 Å². The third-order valence-electron chi connectivity index (χ3n) is 2.72. The van der Waals surface area contributed by atoms with E-state index < -0.39 is 16.2 Å². The number of alkyl carbamates (subject to hydrolysis) is 1. The van der Waals surface area contributed by atoms with Crippen LogP contribution in [0, 0.1) is 5.41 Å². The van der Waals surface area contributed by atoms with Gasteiger partial charge in [-0.1, -0.05) is 51.1 Å². The maximum Gasteiger partial charge on any atom is 0.407 e. The van der Waals surface area contributed by atoms with Gasteiger partial charge in [-0.05, 0) is 17.4 Å². The molecule has 1 aromatic rings. The minimum absolute atomic E-state index is 0.137. The SMILES string of the molecule is CC(C)(C)COS(=O)(=O)CCCNC(=O)OCc1ccccc1. The van der Waals surface area contributed by atoms with Gasteiger partial charge < -0.3 is 10.1 Å². The largest absolute Gasteiger partial charge is 0.445 e. The summed E-state index contributed by atoms with van der Waals surface area (Å²) >= 11 is 0. The topological polar surface area (TPSA) is 81.7 Å². The molecule has 0 aromatic heterocycles. The maximum atomic E-state index is 11.7. The Hall–Kier alpha value is -1.60. The standard InChI is InChI=1S/C16H25NO5S/c1-16(2,3)13-22-23(19,20)11-7-10-17-15(18)21-12-14-8-5-4-6-9-14/h4-6,8-9H,7,10-13H2,1-3H3,(H,17,18). The zero-order valence-corrected chi connectivity index (χ0v) is 14.7. The van der Waals surface area contributed by atoms with Gasteiger partial charge in [-0.15, -0.1) is 0 Å². The van der Waals surface area contributed by atoms with Crippen molar-refractivity contribution in [1.29, 1.82) is 0 Å². The molecule has 7 heteroatoms. The Balaban J connectivity index is 2.17. The first kappa shape index (κ1) is 19.4. The van der Waals surface area contributed by atoms with Gasteiger partial charge in [-0.25, -0.2) is 4.79 Å². The number of hydrogen-bond acceptors (Lipinski definition) is 5.